The van der Waals surface area contributed by atoms with Crippen molar-refractivity contribution in [3.8, 4) is 0 Å². The number of likely N-dealkylation sites (N-methyl/N-ethyl adjacent to an activating group) is 1. The molecular weight excluding hydrogens is 939 g/mol. The second kappa shape index (κ2) is 25.7. The number of nitrogens with zero attached hydrogens (tertiary/aromatic N) is 2. The van der Waals surface area contributed by atoms with Gasteiger partial charge in [0.1, 0.15) is 29.6 Å². The molecule has 3 aliphatic rings. The molecule has 6 aromatic carbocycles. The van der Waals surface area contributed by atoms with Crippen LogP contribution < -0.4 is 5.32 Å². The van der Waals surface area contributed by atoms with E-state index in [0.717, 1.165) is 96.0 Å². The summed E-state index contributed by atoms with van der Waals surface area (Å²) in [6.45, 7) is 5.16. The first-order valence-corrected chi connectivity index (χ1v) is 26.9. The largest absolute Gasteiger partial charge is 0.374 e. The van der Waals surface area contributed by atoms with Gasteiger partial charge in [-0.15, -0.1) is 0 Å². The molecule has 2 aliphatic heterocycles. The number of carbonyl (C=O) groups excluding carboxylic acids is 2. The van der Waals surface area contributed by atoms with Gasteiger partial charge in [0, 0.05) is 25.1 Å². The highest BCUT2D eigenvalue weighted by molar-refractivity contribution is 5.77. The Morgan fingerprint density at radius 1 is 0.653 bits per heavy atom. The normalized spacial score (nSPS) is 21.9. The summed E-state index contributed by atoms with van der Waals surface area (Å²) in [6.07, 6.45) is 6.08. The van der Waals surface area contributed by atoms with Gasteiger partial charge in [-0.3, -0.25) is 9.59 Å². The van der Waals surface area contributed by atoms with Crippen LogP contribution in [-0.2, 0) is 83.1 Å². The third-order valence-electron chi connectivity index (χ3n) is 15.2. The second-order valence-corrected chi connectivity index (χ2v) is 21.0. The SMILES string of the molecule is Cc1ccc([C@]23OC[C@](COCc4ccccc4)(O2)[C@@H](OCc2ccccc2)[C@H](OCc2ccccc2)[C@H]3OCc2ccccc2)cc1Cc1ccc(CCCC(=O)NC2(N(C=O)CCN(C)C)CCCCC2)cc1. The van der Waals surface area contributed by atoms with Crippen LogP contribution in [0.2, 0.25) is 0 Å². The molecule has 2 amide bonds. The maximum Gasteiger partial charge on any atom is 0.225 e. The fourth-order valence-electron chi connectivity index (χ4n) is 11.0. The number of hydrogen-bond acceptors (Lipinski definition) is 9. The molecule has 0 radical (unpaired) electrons. The van der Waals surface area contributed by atoms with Crippen molar-refractivity contribution in [2.75, 3.05) is 40.4 Å². The molecule has 5 atom stereocenters. The van der Waals surface area contributed by atoms with Crippen molar-refractivity contribution in [3.05, 3.63) is 214 Å². The lowest BCUT2D eigenvalue weighted by Crippen LogP contribution is -2.67. The van der Waals surface area contributed by atoms with E-state index in [1.165, 1.54) is 5.56 Å². The van der Waals surface area contributed by atoms with Gasteiger partial charge in [-0.05, 0) is 117 Å². The molecule has 11 heteroatoms. The van der Waals surface area contributed by atoms with E-state index >= 15 is 0 Å². The van der Waals surface area contributed by atoms with E-state index in [4.69, 9.17) is 28.4 Å². The van der Waals surface area contributed by atoms with Gasteiger partial charge in [-0.2, -0.15) is 0 Å². The highest BCUT2D eigenvalue weighted by atomic mass is 16.8. The van der Waals surface area contributed by atoms with Crippen molar-refractivity contribution in [2.24, 2.45) is 0 Å². The van der Waals surface area contributed by atoms with Gasteiger partial charge in [-0.1, -0.05) is 164 Å². The number of ether oxygens (including phenoxy) is 6. The number of carbonyl (C=O) groups is 2. The van der Waals surface area contributed by atoms with Crippen molar-refractivity contribution >= 4 is 12.3 Å². The molecule has 1 aliphatic carbocycles. The van der Waals surface area contributed by atoms with E-state index in [9.17, 15) is 9.59 Å². The summed E-state index contributed by atoms with van der Waals surface area (Å²) in [5, 5.41) is 3.33. The molecule has 1 saturated carbocycles. The molecule has 3 fully saturated rings. The molecular formula is C64H75N3O8. The van der Waals surface area contributed by atoms with Crippen molar-refractivity contribution in [3.63, 3.8) is 0 Å². The van der Waals surface area contributed by atoms with Crippen LogP contribution >= 0.6 is 0 Å². The zero-order valence-corrected chi connectivity index (χ0v) is 44.1. The minimum atomic E-state index is -1.40. The molecule has 2 heterocycles. The lowest BCUT2D eigenvalue weighted by molar-refractivity contribution is -0.354. The molecule has 394 valence electrons. The number of benzene rings is 6. The van der Waals surface area contributed by atoms with Crippen molar-refractivity contribution < 1.29 is 38.0 Å². The fraction of sp³-hybridized carbons (Fsp3) is 0.406. The van der Waals surface area contributed by atoms with Gasteiger partial charge in [0.2, 0.25) is 18.1 Å². The van der Waals surface area contributed by atoms with Crippen LogP contribution in [0.4, 0.5) is 0 Å². The lowest BCUT2D eigenvalue weighted by atomic mass is 9.82. The van der Waals surface area contributed by atoms with E-state index in [1.807, 2.05) is 91.8 Å². The minimum absolute atomic E-state index is 0.00204. The number of hydrogen-bond donors (Lipinski definition) is 1. The first kappa shape index (κ1) is 53.8. The number of fused-ring (bicyclic) bond motifs is 2. The van der Waals surface area contributed by atoms with Gasteiger partial charge in [-0.25, -0.2) is 0 Å². The summed E-state index contributed by atoms with van der Waals surface area (Å²) in [5.41, 5.74) is 7.88. The van der Waals surface area contributed by atoms with Crippen LogP contribution in [0.1, 0.15) is 95.0 Å². The van der Waals surface area contributed by atoms with E-state index < -0.39 is 35.4 Å². The van der Waals surface area contributed by atoms with Crippen LogP contribution in [0, 0.1) is 6.92 Å². The minimum Gasteiger partial charge on any atom is -0.374 e. The summed E-state index contributed by atoms with van der Waals surface area (Å²) in [5.74, 6) is -1.39. The highest BCUT2D eigenvalue weighted by Gasteiger charge is 2.69. The molecule has 0 unspecified atom stereocenters. The summed E-state index contributed by atoms with van der Waals surface area (Å²) >= 11 is 0. The predicted octanol–water partition coefficient (Wildman–Crippen LogP) is 10.6. The third kappa shape index (κ3) is 13.5. The smallest absolute Gasteiger partial charge is 0.225 e. The Balaban J connectivity index is 0.970. The number of amides is 2. The Morgan fingerprint density at radius 2 is 1.21 bits per heavy atom. The zero-order chi connectivity index (χ0) is 51.9. The van der Waals surface area contributed by atoms with Crippen LogP contribution in [0.3, 0.4) is 0 Å². The second-order valence-electron chi connectivity index (χ2n) is 21.0. The molecule has 9 rings (SSSR count). The highest BCUT2D eigenvalue weighted by Crippen LogP contribution is 2.53. The predicted molar refractivity (Wildman–Crippen MR) is 291 cm³/mol. The Bertz CT molecular complexity index is 2700. The zero-order valence-electron chi connectivity index (χ0n) is 44.1. The molecule has 1 N–H and O–H groups in total. The molecule has 75 heavy (non-hydrogen) atoms. The molecule has 0 aromatic heterocycles. The Hall–Kier alpha value is -6.02. The molecule has 6 aromatic rings. The van der Waals surface area contributed by atoms with E-state index in [-0.39, 0.29) is 19.1 Å². The fourth-order valence-corrected chi connectivity index (χ4v) is 11.0. The summed E-state index contributed by atoms with van der Waals surface area (Å²) in [4.78, 5) is 29.7. The maximum atomic E-state index is 13.5. The Labute approximate surface area is 444 Å². The molecule has 0 spiro atoms. The van der Waals surface area contributed by atoms with Gasteiger partial charge in [0.05, 0.1) is 39.6 Å². The van der Waals surface area contributed by atoms with Crippen LogP contribution in [0.15, 0.2) is 164 Å². The van der Waals surface area contributed by atoms with Gasteiger partial charge in [0.15, 0.2) is 0 Å². The number of rotatable bonds is 26. The monoisotopic (exact) mass is 1010 g/mol. The quantitative estimate of drug-likeness (QED) is 0.0420. The maximum absolute atomic E-state index is 13.5. The third-order valence-corrected chi connectivity index (χ3v) is 15.2. The number of nitrogens with one attached hydrogen (secondary N) is 1. The van der Waals surface area contributed by atoms with Gasteiger partial charge in [0.25, 0.3) is 0 Å². The summed E-state index contributed by atoms with van der Waals surface area (Å²) in [6, 6.07) is 55.9. The van der Waals surface area contributed by atoms with Crippen molar-refractivity contribution in [2.45, 2.75) is 127 Å². The van der Waals surface area contributed by atoms with E-state index in [1.54, 1.807) is 0 Å². The Morgan fingerprint density at radius 3 is 1.80 bits per heavy atom. The lowest BCUT2D eigenvalue weighted by Gasteiger charge is -2.51. The molecule has 2 saturated heterocycles. The summed E-state index contributed by atoms with van der Waals surface area (Å²) in [7, 11) is 4.00. The number of aryl methyl sites for hydroxylation is 2. The topological polar surface area (TPSA) is 108 Å². The van der Waals surface area contributed by atoms with E-state index in [0.29, 0.717) is 52.2 Å². The first-order valence-electron chi connectivity index (χ1n) is 26.9. The Kier molecular flexibility index (Phi) is 18.4. The summed E-state index contributed by atoms with van der Waals surface area (Å²) < 4.78 is 42.8. The van der Waals surface area contributed by atoms with Crippen LogP contribution in [0.25, 0.3) is 0 Å². The molecule has 11 nitrogen and oxygen atoms in total. The average Bonchev–Trinajstić information content (AvgIpc) is 3.82. The molecule has 2 bridgehead atoms. The van der Waals surface area contributed by atoms with E-state index in [2.05, 4.69) is 108 Å². The standard InChI is InChI=1S/C64H75N3O8/c1-49-30-35-57(41-56(49)40-51-33-31-50(32-34-51)28-19-29-58(69)65-63(36-17-8-18-37-63)67(48-68)39-38-66(2)3)64-61(73-45-55-26-15-7-16-27-55)59(71-43-53-22-11-5-12-23-53)60(72-44-54-24-13-6-14-25-54)62(75-64,47-74-64)46-70-42-52-20-9-4-10-21-52/h4-7,9-16,20-27,30-35,41,48,59-61H,8,17-19,28-29,36-40,42-47H2,1-3H3,(H,65,69)/t59-,60-,61+,62-,64-/m0/s1. The van der Waals surface area contributed by atoms with Crippen LogP contribution in [-0.4, -0.2) is 92.1 Å². The van der Waals surface area contributed by atoms with Crippen molar-refractivity contribution in [1.82, 2.24) is 15.1 Å². The first-order chi connectivity index (χ1) is 36.7. The van der Waals surface area contributed by atoms with Crippen molar-refractivity contribution in [1.29, 1.82) is 0 Å². The average molecular weight is 1010 g/mol. The van der Waals surface area contributed by atoms with Gasteiger partial charge < -0.3 is 43.5 Å². The van der Waals surface area contributed by atoms with Crippen LogP contribution in [0.5, 0.6) is 0 Å². The van der Waals surface area contributed by atoms with Gasteiger partial charge >= 0.3 is 0 Å².